The van der Waals surface area contributed by atoms with E-state index in [-0.39, 0.29) is 12.0 Å². The molecule has 0 N–H and O–H groups in total. The fraction of sp³-hybridized carbons (Fsp3) is 0.273. The Bertz CT molecular complexity index is 979. The Morgan fingerprint density at radius 3 is 2.89 bits per heavy atom. The topological polar surface area (TPSA) is 42.4 Å². The molecule has 1 atom stereocenters. The van der Waals surface area contributed by atoms with Gasteiger partial charge in [0.1, 0.15) is 0 Å². The second kappa shape index (κ2) is 8.90. The maximum Gasteiger partial charge on any atom is 0.252 e. The molecule has 3 aromatic rings. The lowest BCUT2D eigenvalue weighted by molar-refractivity contribution is -0.114. The maximum atomic E-state index is 13.1. The van der Waals surface area contributed by atoms with Gasteiger partial charge in [-0.25, -0.2) is 4.98 Å². The van der Waals surface area contributed by atoms with Gasteiger partial charge in [0.15, 0.2) is 5.13 Å². The zero-order valence-electron chi connectivity index (χ0n) is 15.7. The highest BCUT2D eigenvalue weighted by Crippen LogP contribution is 2.34. The zero-order valence-corrected chi connectivity index (χ0v) is 17.3. The SMILES string of the molecule is CSc1cccc2sc(N(CC3CCCO3)C(=O)/C=C/c3ccccc3)nc12. The van der Waals surface area contributed by atoms with Crippen molar-refractivity contribution in [2.24, 2.45) is 0 Å². The second-order valence-electron chi connectivity index (χ2n) is 6.63. The van der Waals surface area contributed by atoms with E-state index in [2.05, 4.69) is 12.1 Å². The molecule has 6 heteroatoms. The first-order valence-electron chi connectivity index (χ1n) is 9.34. The van der Waals surface area contributed by atoms with Crippen LogP contribution in [0, 0.1) is 0 Å². The van der Waals surface area contributed by atoms with Gasteiger partial charge in [0.25, 0.3) is 5.91 Å². The number of carbonyl (C=O) groups is 1. The molecule has 1 fully saturated rings. The molecule has 0 saturated carbocycles. The van der Waals surface area contributed by atoms with Gasteiger partial charge >= 0.3 is 0 Å². The van der Waals surface area contributed by atoms with Crippen molar-refractivity contribution in [1.29, 1.82) is 0 Å². The number of para-hydroxylation sites is 1. The summed E-state index contributed by atoms with van der Waals surface area (Å²) in [4.78, 5) is 20.8. The number of ether oxygens (including phenoxy) is 1. The molecule has 1 aliphatic rings. The highest BCUT2D eigenvalue weighted by atomic mass is 32.2. The summed E-state index contributed by atoms with van der Waals surface area (Å²) in [6.45, 7) is 1.30. The average molecular weight is 411 g/mol. The van der Waals surface area contributed by atoms with Crippen LogP contribution in [0.2, 0.25) is 0 Å². The quantitative estimate of drug-likeness (QED) is 0.411. The molecule has 2 aromatic carbocycles. The minimum absolute atomic E-state index is 0.0656. The molecule has 2 heterocycles. The van der Waals surface area contributed by atoms with Gasteiger partial charge in [-0.2, -0.15) is 0 Å². The zero-order chi connectivity index (χ0) is 19.3. The molecule has 1 saturated heterocycles. The number of benzene rings is 2. The van der Waals surface area contributed by atoms with Crippen LogP contribution in [0.3, 0.4) is 0 Å². The number of nitrogens with zero attached hydrogens (tertiary/aromatic N) is 2. The van der Waals surface area contributed by atoms with E-state index in [0.29, 0.717) is 6.54 Å². The molecule has 0 aliphatic carbocycles. The van der Waals surface area contributed by atoms with Gasteiger partial charge in [-0.15, -0.1) is 11.8 Å². The predicted octanol–water partition coefficient (Wildman–Crippen LogP) is 5.24. The van der Waals surface area contributed by atoms with Gasteiger partial charge in [0.2, 0.25) is 0 Å². The number of rotatable bonds is 6. The minimum atomic E-state index is -0.0656. The first kappa shape index (κ1) is 19.2. The van der Waals surface area contributed by atoms with Crippen LogP contribution in [-0.4, -0.2) is 36.4 Å². The summed E-state index contributed by atoms with van der Waals surface area (Å²) >= 11 is 3.23. The van der Waals surface area contributed by atoms with Crippen LogP contribution in [0.1, 0.15) is 18.4 Å². The summed E-state index contributed by atoms with van der Waals surface area (Å²) < 4.78 is 6.89. The van der Waals surface area contributed by atoms with Crippen molar-refractivity contribution >= 4 is 50.4 Å². The van der Waals surface area contributed by atoms with Gasteiger partial charge < -0.3 is 4.74 Å². The molecule has 4 nitrogen and oxygen atoms in total. The number of carbonyl (C=O) groups excluding carboxylic acids is 1. The summed E-state index contributed by atoms with van der Waals surface area (Å²) in [7, 11) is 0. The molecular formula is C22H22N2O2S2. The fourth-order valence-electron chi connectivity index (χ4n) is 3.27. The lowest BCUT2D eigenvalue weighted by Crippen LogP contribution is -2.36. The van der Waals surface area contributed by atoms with Crippen molar-refractivity contribution in [1.82, 2.24) is 4.98 Å². The van der Waals surface area contributed by atoms with Gasteiger partial charge in [0.05, 0.1) is 22.9 Å². The number of amides is 1. The van der Waals surface area contributed by atoms with E-state index < -0.39 is 0 Å². The first-order valence-corrected chi connectivity index (χ1v) is 11.4. The Morgan fingerprint density at radius 1 is 1.29 bits per heavy atom. The Balaban J connectivity index is 1.65. The van der Waals surface area contributed by atoms with Crippen LogP contribution in [-0.2, 0) is 9.53 Å². The van der Waals surface area contributed by atoms with Gasteiger partial charge in [-0.1, -0.05) is 47.7 Å². The lowest BCUT2D eigenvalue weighted by Gasteiger charge is -2.21. The Labute approximate surface area is 173 Å². The number of thioether (sulfide) groups is 1. The molecule has 144 valence electrons. The van der Waals surface area contributed by atoms with Gasteiger partial charge in [-0.3, -0.25) is 9.69 Å². The molecule has 4 rings (SSSR count). The van der Waals surface area contributed by atoms with E-state index in [1.54, 1.807) is 34.1 Å². The third-order valence-electron chi connectivity index (χ3n) is 4.72. The molecule has 1 aliphatic heterocycles. The van der Waals surface area contributed by atoms with E-state index >= 15 is 0 Å². The van der Waals surface area contributed by atoms with Gasteiger partial charge in [0, 0.05) is 17.6 Å². The normalized spacial score (nSPS) is 16.8. The Kier molecular flexibility index (Phi) is 6.10. The van der Waals surface area contributed by atoms with Crippen LogP contribution >= 0.6 is 23.1 Å². The largest absolute Gasteiger partial charge is 0.376 e. The van der Waals surface area contributed by atoms with Crippen LogP contribution in [0.5, 0.6) is 0 Å². The van der Waals surface area contributed by atoms with Crippen molar-refractivity contribution in [3.05, 3.63) is 60.2 Å². The third kappa shape index (κ3) is 4.29. The van der Waals surface area contributed by atoms with E-state index in [0.717, 1.165) is 45.3 Å². The summed E-state index contributed by atoms with van der Waals surface area (Å²) in [5.41, 5.74) is 1.97. The number of anilines is 1. The minimum Gasteiger partial charge on any atom is -0.376 e. The van der Waals surface area contributed by atoms with E-state index in [1.165, 1.54) is 0 Å². The van der Waals surface area contributed by atoms with Crippen LogP contribution in [0.25, 0.3) is 16.3 Å². The molecule has 0 spiro atoms. The number of fused-ring (bicyclic) bond motifs is 1. The van der Waals surface area contributed by atoms with E-state index in [9.17, 15) is 4.79 Å². The molecule has 1 unspecified atom stereocenters. The number of hydrogen-bond donors (Lipinski definition) is 0. The predicted molar refractivity (Wildman–Crippen MR) is 118 cm³/mol. The van der Waals surface area contributed by atoms with Crippen molar-refractivity contribution in [2.75, 3.05) is 24.3 Å². The monoisotopic (exact) mass is 410 g/mol. The molecular weight excluding hydrogens is 388 g/mol. The standard InChI is InChI=1S/C22H22N2O2S2/c1-27-18-10-5-11-19-21(18)23-22(28-19)24(15-17-9-6-14-26-17)20(25)13-12-16-7-3-2-4-8-16/h2-5,7-8,10-13,17H,6,9,14-15H2,1H3/b13-12+. The molecule has 0 bridgehead atoms. The highest BCUT2D eigenvalue weighted by Gasteiger charge is 2.25. The molecule has 1 amide bonds. The summed E-state index contributed by atoms with van der Waals surface area (Å²) in [6.07, 6.45) is 7.63. The highest BCUT2D eigenvalue weighted by molar-refractivity contribution is 7.98. The van der Waals surface area contributed by atoms with Crippen molar-refractivity contribution < 1.29 is 9.53 Å². The fourth-order valence-corrected chi connectivity index (χ4v) is 4.90. The smallest absolute Gasteiger partial charge is 0.252 e. The van der Waals surface area contributed by atoms with Crippen LogP contribution in [0.4, 0.5) is 5.13 Å². The third-order valence-corrected chi connectivity index (χ3v) is 6.53. The summed E-state index contributed by atoms with van der Waals surface area (Å²) in [6, 6.07) is 16.0. The number of thiazole rings is 1. The lowest BCUT2D eigenvalue weighted by atomic mass is 10.2. The van der Waals surface area contributed by atoms with Crippen LogP contribution in [0.15, 0.2) is 59.5 Å². The van der Waals surface area contributed by atoms with Gasteiger partial charge in [-0.05, 0) is 42.9 Å². The van der Waals surface area contributed by atoms with Crippen molar-refractivity contribution in [3.63, 3.8) is 0 Å². The first-order chi connectivity index (χ1) is 13.7. The van der Waals surface area contributed by atoms with Crippen LogP contribution < -0.4 is 4.90 Å². The van der Waals surface area contributed by atoms with Crippen molar-refractivity contribution in [2.45, 2.75) is 23.8 Å². The Morgan fingerprint density at radius 2 is 2.14 bits per heavy atom. The average Bonchev–Trinajstić information content (AvgIpc) is 3.40. The van der Waals surface area contributed by atoms with E-state index in [4.69, 9.17) is 9.72 Å². The molecule has 1 aromatic heterocycles. The molecule has 28 heavy (non-hydrogen) atoms. The van der Waals surface area contributed by atoms with Crippen molar-refractivity contribution in [3.8, 4) is 0 Å². The maximum absolute atomic E-state index is 13.1. The van der Waals surface area contributed by atoms with E-state index in [1.807, 2.05) is 48.7 Å². The number of hydrogen-bond acceptors (Lipinski definition) is 5. The summed E-state index contributed by atoms with van der Waals surface area (Å²) in [5, 5.41) is 0.731. The number of aromatic nitrogens is 1. The summed E-state index contributed by atoms with van der Waals surface area (Å²) in [5.74, 6) is -0.0656. The second-order valence-corrected chi connectivity index (χ2v) is 8.49. The molecule has 0 radical (unpaired) electrons. The Hall–Kier alpha value is -2.15.